The minimum atomic E-state index is -4.36. The van der Waals surface area contributed by atoms with Gasteiger partial charge in [-0.2, -0.15) is 13.2 Å². The van der Waals surface area contributed by atoms with Crippen LogP contribution in [0.2, 0.25) is 0 Å². The van der Waals surface area contributed by atoms with Gasteiger partial charge in [0.25, 0.3) is 15.9 Å². The van der Waals surface area contributed by atoms with Crippen LogP contribution >= 0.6 is 0 Å². The number of ether oxygens (including phenoxy) is 2. The molecule has 2 fully saturated rings. The molecule has 238 valence electrons. The average molecular weight is 638 g/mol. The first kappa shape index (κ1) is 31.4. The predicted octanol–water partition coefficient (Wildman–Crippen LogP) is 4.84. The summed E-state index contributed by atoms with van der Waals surface area (Å²) in [4.78, 5) is 19.9. The number of phenolic OH excluding ortho intramolecular Hbond substituents is 1. The fourth-order valence-corrected chi connectivity index (χ4v) is 6.64. The van der Waals surface area contributed by atoms with Crippen LogP contribution in [0.25, 0.3) is 5.82 Å². The van der Waals surface area contributed by atoms with Crippen LogP contribution in [0, 0.1) is 11.3 Å². The van der Waals surface area contributed by atoms with Gasteiger partial charge in [-0.3, -0.25) is 4.79 Å². The number of aromatic nitrogens is 3. The molecule has 5 rings (SSSR count). The Labute approximate surface area is 253 Å². The van der Waals surface area contributed by atoms with Gasteiger partial charge < -0.3 is 19.5 Å². The molecule has 1 aromatic carbocycles. The lowest BCUT2D eigenvalue weighted by Crippen LogP contribution is -2.41. The smallest absolute Gasteiger partial charge is 0.394 e. The van der Waals surface area contributed by atoms with Gasteiger partial charge in [0.05, 0.1) is 29.6 Å². The zero-order valence-electron chi connectivity index (χ0n) is 24.7. The van der Waals surface area contributed by atoms with Crippen molar-refractivity contribution in [2.45, 2.75) is 63.1 Å². The lowest BCUT2D eigenvalue weighted by atomic mass is 9.97. The third-order valence-electron chi connectivity index (χ3n) is 8.21. The van der Waals surface area contributed by atoms with Crippen molar-refractivity contribution < 1.29 is 41.0 Å². The molecule has 1 aliphatic carbocycles. The number of hydrogen-bond acceptors (Lipinski definition) is 9. The largest absolute Gasteiger partial charge is 0.504 e. The summed E-state index contributed by atoms with van der Waals surface area (Å²) in [7, 11) is -3.09. The average Bonchev–Trinajstić information content (AvgIpc) is 3.51. The van der Waals surface area contributed by atoms with E-state index in [0.717, 1.165) is 24.6 Å². The van der Waals surface area contributed by atoms with Crippen LogP contribution in [-0.2, 0) is 10.0 Å². The fourth-order valence-electron chi connectivity index (χ4n) is 5.66. The highest BCUT2D eigenvalue weighted by molar-refractivity contribution is 7.90. The van der Waals surface area contributed by atoms with Gasteiger partial charge in [-0.15, -0.1) is 5.10 Å². The molecule has 1 saturated carbocycles. The van der Waals surface area contributed by atoms with E-state index < -0.39 is 33.1 Å². The van der Waals surface area contributed by atoms with Crippen molar-refractivity contribution in [3.8, 4) is 23.2 Å². The van der Waals surface area contributed by atoms with Gasteiger partial charge in [0.15, 0.2) is 17.3 Å². The van der Waals surface area contributed by atoms with Crippen molar-refractivity contribution >= 4 is 21.7 Å². The van der Waals surface area contributed by atoms with Crippen molar-refractivity contribution in [1.82, 2.24) is 19.5 Å². The van der Waals surface area contributed by atoms with E-state index in [1.165, 1.54) is 36.2 Å². The van der Waals surface area contributed by atoms with E-state index in [1.54, 1.807) is 0 Å². The number of alkyl halides is 3. The summed E-state index contributed by atoms with van der Waals surface area (Å²) < 4.78 is 79.9. The Hall–Kier alpha value is -4.01. The number of aromatic hydroxyl groups is 1. The number of pyridine rings is 1. The number of rotatable bonds is 10. The van der Waals surface area contributed by atoms with Gasteiger partial charge in [0.2, 0.25) is 5.88 Å². The van der Waals surface area contributed by atoms with Gasteiger partial charge in [-0.1, -0.05) is 6.92 Å². The number of hydrogen-bond donors (Lipinski definition) is 2. The lowest BCUT2D eigenvalue weighted by molar-refractivity contribution is -0.190. The Kier molecular flexibility index (Phi) is 7.97. The molecule has 0 radical (unpaired) electrons. The predicted molar refractivity (Wildman–Crippen MR) is 154 cm³/mol. The van der Waals surface area contributed by atoms with E-state index >= 15 is 0 Å². The molecule has 0 spiro atoms. The Morgan fingerprint density at radius 1 is 1.18 bits per heavy atom. The van der Waals surface area contributed by atoms with Crippen molar-refractivity contribution in [2.24, 2.45) is 11.3 Å². The number of carbonyl (C=O) groups is 1. The highest BCUT2D eigenvalue weighted by Crippen LogP contribution is 2.59. The van der Waals surface area contributed by atoms with Crippen molar-refractivity contribution in [3.63, 3.8) is 0 Å². The van der Waals surface area contributed by atoms with Gasteiger partial charge in [-0.05, 0) is 69.7 Å². The first-order valence-corrected chi connectivity index (χ1v) is 15.5. The molecule has 1 saturated heterocycles. The third-order valence-corrected chi connectivity index (χ3v) is 9.54. The second kappa shape index (κ2) is 11.2. The highest BCUT2D eigenvalue weighted by atomic mass is 32.2. The zero-order valence-corrected chi connectivity index (χ0v) is 25.5. The number of nitrogens with zero attached hydrogens (tertiary/aromatic N) is 4. The summed E-state index contributed by atoms with van der Waals surface area (Å²) in [5.74, 6) is -0.326. The second-order valence-electron chi connectivity index (χ2n) is 12.0. The van der Waals surface area contributed by atoms with Crippen LogP contribution in [0.4, 0.5) is 19.0 Å². The fraction of sp³-hybridized carbons (Fsp3) is 0.483. The molecular weight excluding hydrogens is 603 g/mol. The third kappa shape index (κ3) is 6.14. The first-order chi connectivity index (χ1) is 20.5. The van der Waals surface area contributed by atoms with Crippen molar-refractivity contribution in [2.75, 3.05) is 25.2 Å². The van der Waals surface area contributed by atoms with Crippen molar-refractivity contribution in [1.29, 1.82) is 0 Å². The molecule has 2 aliphatic rings. The molecule has 1 atom stereocenters. The number of benzene rings is 1. The van der Waals surface area contributed by atoms with Crippen LogP contribution in [0.5, 0.6) is 17.4 Å². The second-order valence-corrected chi connectivity index (χ2v) is 13.7. The van der Waals surface area contributed by atoms with E-state index in [2.05, 4.69) is 16.7 Å². The lowest BCUT2D eigenvalue weighted by Gasteiger charge is -2.34. The molecule has 44 heavy (non-hydrogen) atoms. The highest BCUT2D eigenvalue weighted by Gasteiger charge is 2.62. The number of nitrogens with one attached hydrogen (secondary N) is 1. The Morgan fingerprint density at radius 2 is 1.91 bits per heavy atom. The number of phenols is 1. The molecule has 1 amide bonds. The summed E-state index contributed by atoms with van der Waals surface area (Å²) in [5.41, 5.74) is -2.08. The molecule has 0 bridgehead atoms. The van der Waals surface area contributed by atoms with Gasteiger partial charge in [0.1, 0.15) is 5.82 Å². The monoisotopic (exact) mass is 637 g/mol. The first-order valence-electron chi connectivity index (χ1n) is 14.0. The van der Waals surface area contributed by atoms with Crippen LogP contribution in [-0.4, -0.2) is 66.2 Å². The quantitative estimate of drug-likeness (QED) is 0.320. The van der Waals surface area contributed by atoms with E-state index in [4.69, 9.17) is 14.5 Å². The number of anilines is 1. The Bertz CT molecular complexity index is 1670. The zero-order chi connectivity index (χ0) is 32.1. The van der Waals surface area contributed by atoms with E-state index in [9.17, 15) is 31.5 Å². The molecule has 11 nitrogen and oxygen atoms in total. The number of carbonyl (C=O) groups excluding carboxylic acids is 1. The number of sulfonamides is 1. The molecule has 3 aromatic rings. The minimum absolute atomic E-state index is 0.00996. The SMILES string of the molecule is COc1cc(S(=O)(=O)NC(=O)c2ccc(-n3ccc(OCCC4(C(F)(F)F)CC4)n3)nc2N2CC(C)CC2(C)C)ccc1O. The summed E-state index contributed by atoms with van der Waals surface area (Å²) >= 11 is 0. The summed E-state index contributed by atoms with van der Waals surface area (Å²) in [5, 5.41) is 14.1. The van der Waals surface area contributed by atoms with Gasteiger partial charge in [-0.25, -0.2) is 22.8 Å². The molecular formula is C29H34F3N5O6S. The number of methoxy groups -OCH3 is 1. The number of halogens is 3. The van der Waals surface area contributed by atoms with Crippen LogP contribution in [0.1, 0.15) is 56.8 Å². The maximum Gasteiger partial charge on any atom is 0.394 e. The van der Waals surface area contributed by atoms with Gasteiger partial charge in [0, 0.05) is 30.4 Å². The Balaban J connectivity index is 1.41. The number of amides is 1. The molecule has 15 heteroatoms. The normalized spacial score (nSPS) is 19.1. The summed E-state index contributed by atoms with van der Waals surface area (Å²) in [6.07, 6.45) is -1.89. The molecule has 1 aliphatic heterocycles. The standard InChI is InChI=1S/C29H34F3N5O6S/c1-18-16-27(2,3)36(17-18)25-20(26(39)35-44(40,41)19-5-7-21(38)22(15-19)42-4)6-8-23(33-25)37-13-9-24(34-37)43-14-12-28(10-11-28)29(30,31)32/h5-9,13,15,18,38H,10-12,14,16-17H2,1-4H3,(H,35,39). The maximum absolute atomic E-state index is 13.5. The van der Waals surface area contributed by atoms with Crippen LogP contribution in [0.3, 0.4) is 0 Å². The van der Waals surface area contributed by atoms with E-state index in [0.29, 0.717) is 12.4 Å². The van der Waals surface area contributed by atoms with Crippen LogP contribution in [0.15, 0.2) is 47.5 Å². The summed E-state index contributed by atoms with van der Waals surface area (Å²) in [6.45, 7) is 6.48. The van der Waals surface area contributed by atoms with E-state index in [-0.39, 0.29) is 65.4 Å². The molecule has 2 aromatic heterocycles. The minimum Gasteiger partial charge on any atom is -0.504 e. The molecule has 2 N–H and O–H groups in total. The molecule has 3 heterocycles. The van der Waals surface area contributed by atoms with E-state index in [1.807, 2.05) is 18.7 Å². The van der Waals surface area contributed by atoms with Crippen LogP contribution < -0.4 is 19.1 Å². The molecule has 1 unspecified atom stereocenters. The summed E-state index contributed by atoms with van der Waals surface area (Å²) in [6, 6.07) is 7.84. The van der Waals surface area contributed by atoms with Gasteiger partial charge >= 0.3 is 6.18 Å². The Morgan fingerprint density at radius 3 is 2.52 bits per heavy atom. The topological polar surface area (TPSA) is 136 Å². The van der Waals surface area contributed by atoms with Crippen molar-refractivity contribution in [3.05, 3.63) is 48.2 Å². The maximum atomic E-state index is 13.5.